The highest BCUT2D eigenvalue weighted by molar-refractivity contribution is 7.91. The number of methoxy groups -OCH3 is 1. The van der Waals surface area contributed by atoms with E-state index in [-0.39, 0.29) is 15.6 Å². The fourth-order valence-electron chi connectivity index (χ4n) is 4.01. The van der Waals surface area contributed by atoms with Gasteiger partial charge in [-0.05, 0) is 78.5 Å². The van der Waals surface area contributed by atoms with Crippen LogP contribution in [-0.2, 0) is 22.7 Å². The topological polar surface area (TPSA) is 66.8 Å². The number of fused-ring (bicyclic) bond motifs is 1. The maximum atomic E-state index is 13.4. The van der Waals surface area contributed by atoms with E-state index in [1.54, 1.807) is 18.2 Å². The number of rotatable bonds is 5. The number of hydrogen-bond acceptors (Lipinski definition) is 5. The Kier molecular flexibility index (Phi) is 6.33. The molecule has 0 saturated carbocycles. The van der Waals surface area contributed by atoms with E-state index < -0.39 is 15.9 Å². The number of nitrogens with zero attached hydrogens (tertiary/aromatic N) is 1. The van der Waals surface area contributed by atoms with E-state index in [0.717, 1.165) is 37.1 Å². The number of sulfone groups is 1. The minimum Gasteiger partial charge on any atom is -0.495 e. The molecule has 1 aliphatic rings. The lowest BCUT2D eigenvalue weighted by Crippen LogP contribution is -2.20. The molecule has 1 heterocycles. The van der Waals surface area contributed by atoms with Crippen LogP contribution in [0, 0.1) is 5.82 Å². The molecule has 0 aromatic heterocycles. The van der Waals surface area contributed by atoms with E-state index in [0.29, 0.717) is 16.9 Å². The second kappa shape index (κ2) is 9.02. The Hall–Kier alpha value is -2.74. The van der Waals surface area contributed by atoms with E-state index in [4.69, 9.17) is 4.74 Å². The standard InChI is InChI=1S/C25H26FNO4S/c1-27-13-11-19-15-23(31-2)24(16-20(19)12-14-27)32(29,30)22-9-5-18(6-10-22)25(28)17-3-7-21(26)8-4-17/h3-10,15-16,25,28H,11-14H2,1-2H3. The van der Waals surface area contributed by atoms with Crippen LogP contribution in [0.1, 0.15) is 28.4 Å². The summed E-state index contributed by atoms with van der Waals surface area (Å²) in [6, 6.07) is 15.3. The molecule has 0 bridgehead atoms. The largest absolute Gasteiger partial charge is 0.495 e. The van der Waals surface area contributed by atoms with Gasteiger partial charge in [-0.2, -0.15) is 0 Å². The van der Waals surface area contributed by atoms with Crippen LogP contribution in [0.15, 0.2) is 70.5 Å². The van der Waals surface area contributed by atoms with Crippen molar-refractivity contribution in [2.45, 2.75) is 28.7 Å². The smallest absolute Gasteiger partial charge is 0.210 e. The summed E-state index contributed by atoms with van der Waals surface area (Å²) < 4.78 is 45.5. The van der Waals surface area contributed by atoms with Crippen molar-refractivity contribution >= 4 is 9.84 Å². The first kappa shape index (κ1) is 22.5. The normalized spacial score (nSPS) is 15.6. The monoisotopic (exact) mass is 455 g/mol. The predicted molar refractivity (Wildman–Crippen MR) is 120 cm³/mol. The van der Waals surface area contributed by atoms with Gasteiger partial charge in [0.05, 0.1) is 12.0 Å². The lowest BCUT2D eigenvalue weighted by Gasteiger charge is -2.15. The number of ether oxygens (including phenoxy) is 1. The van der Waals surface area contributed by atoms with Crippen molar-refractivity contribution in [1.29, 1.82) is 0 Å². The quantitative estimate of drug-likeness (QED) is 0.634. The van der Waals surface area contributed by atoms with E-state index in [2.05, 4.69) is 11.9 Å². The van der Waals surface area contributed by atoms with Gasteiger partial charge in [0.2, 0.25) is 9.84 Å². The molecule has 3 aromatic carbocycles. The molecule has 0 spiro atoms. The molecule has 1 aliphatic heterocycles. The molecular weight excluding hydrogens is 429 g/mol. The SMILES string of the molecule is COc1cc2c(cc1S(=O)(=O)c1ccc(C(O)c3ccc(F)cc3)cc1)CCN(C)CC2. The number of benzene rings is 3. The number of halogens is 1. The van der Waals surface area contributed by atoms with Gasteiger partial charge in [0.25, 0.3) is 0 Å². The molecule has 1 N–H and O–H groups in total. The molecule has 168 valence electrons. The highest BCUT2D eigenvalue weighted by Crippen LogP contribution is 2.34. The van der Waals surface area contributed by atoms with Crippen molar-refractivity contribution in [3.63, 3.8) is 0 Å². The third-order valence-corrected chi connectivity index (χ3v) is 7.78. The third-order valence-electron chi connectivity index (χ3n) is 5.99. The number of hydrogen-bond donors (Lipinski definition) is 1. The van der Waals surface area contributed by atoms with Crippen molar-refractivity contribution in [2.75, 3.05) is 27.2 Å². The first-order valence-electron chi connectivity index (χ1n) is 10.5. The van der Waals surface area contributed by atoms with Gasteiger partial charge in [0.15, 0.2) is 0 Å². The second-order valence-corrected chi connectivity index (χ2v) is 10.0. The van der Waals surface area contributed by atoms with Crippen molar-refractivity contribution < 1.29 is 22.7 Å². The molecule has 0 amide bonds. The Bertz CT molecular complexity index is 1210. The van der Waals surface area contributed by atoms with Crippen LogP contribution < -0.4 is 4.74 Å². The van der Waals surface area contributed by atoms with Crippen molar-refractivity contribution in [2.24, 2.45) is 0 Å². The molecule has 1 unspecified atom stereocenters. The number of likely N-dealkylation sites (N-methyl/N-ethyl adjacent to an activating group) is 1. The molecule has 4 rings (SSSR count). The van der Waals surface area contributed by atoms with Gasteiger partial charge >= 0.3 is 0 Å². The lowest BCUT2D eigenvalue weighted by molar-refractivity contribution is 0.220. The molecule has 0 fully saturated rings. The maximum absolute atomic E-state index is 13.4. The molecule has 32 heavy (non-hydrogen) atoms. The highest BCUT2D eigenvalue weighted by Gasteiger charge is 2.25. The van der Waals surface area contributed by atoms with Crippen LogP contribution >= 0.6 is 0 Å². The average molecular weight is 456 g/mol. The Morgan fingerprint density at radius 1 is 0.938 bits per heavy atom. The van der Waals surface area contributed by atoms with Gasteiger partial charge in [-0.15, -0.1) is 0 Å². The van der Waals surface area contributed by atoms with Crippen LogP contribution in [0.25, 0.3) is 0 Å². The summed E-state index contributed by atoms with van der Waals surface area (Å²) in [6.07, 6.45) is 0.644. The summed E-state index contributed by atoms with van der Waals surface area (Å²) in [5.74, 6) is -0.0486. The lowest BCUT2D eigenvalue weighted by atomic mass is 10.0. The van der Waals surface area contributed by atoms with E-state index in [1.807, 2.05) is 6.07 Å². The zero-order chi connectivity index (χ0) is 22.9. The molecule has 0 saturated heterocycles. The Morgan fingerprint density at radius 3 is 2.03 bits per heavy atom. The Morgan fingerprint density at radius 2 is 1.47 bits per heavy atom. The molecule has 0 aliphatic carbocycles. The van der Waals surface area contributed by atoms with Gasteiger partial charge in [0.1, 0.15) is 22.6 Å². The van der Waals surface area contributed by atoms with Gasteiger partial charge in [-0.25, -0.2) is 12.8 Å². The molecule has 7 heteroatoms. The third kappa shape index (κ3) is 4.41. The van der Waals surface area contributed by atoms with Crippen LogP contribution in [0.4, 0.5) is 4.39 Å². The number of aliphatic hydroxyl groups is 1. The predicted octanol–water partition coefficient (Wildman–Crippen LogP) is 3.78. The molecule has 3 aromatic rings. The zero-order valence-corrected chi connectivity index (χ0v) is 18.9. The minimum atomic E-state index is -3.82. The van der Waals surface area contributed by atoms with Crippen LogP contribution in [0.2, 0.25) is 0 Å². The van der Waals surface area contributed by atoms with Gasteiger partial charge in [-0.3, -0.25) is 0 Å². The highest BCUT2D eigenvalue weighted by atomic mass is 32.2. The fraction of sp³-hybridized carbons (Fsp3) is 0.280. The first-order chi connectivity index (χ1) is 15.3. The van der Waals surface area contributed by atoms with E-state index in [1.165, 1.54) is 43.5 Å². The van der Waals surface area contributed by atoms with Crippen molar-refractivity contribution in [3.05, 3.63) is 88.7 Å². The van der Waals surface area contributed by atoms with E-state index in [9.17, 15) is 17.9 Å². The first-order valence-corrected chi connectivity index (χ1v) is 11.9. The van der Waals surface area contributed by atoms with Crippen molar-refractivity contribution in [3.8, 4) is 5.75 Å². The Balaban J connectivity index is 1.67. The fourth-order valence-corrected chi connectivity index (χ4v) is 5.46. The average Bonchev–Trinajstić information content (AvgIpc) is 2.99. The molecular formula is C25H26FNO4S. The summed E-state index contributed by atoms with van der Waals surface area (Å²) in [6.45, 7) is 1.79. The van der Waals surface area contributed by atoms with Crippen LogP contribution in [0.3, 0.4) is 0 Å². The van der Waals surface area contributed by atoms with Gasteiger partial charge in [-0.1, -0.05) is 24.3 Å². The van der Waals surface area contributed by atoms with Gasteiger partial charge < -0.3 is 14.7 Å². The Labute approximate surface area is 188 Å². The summed E-state index contributed by atoms with van der Waals surface area (Å²) in [4.78, 5) is 2.50. The zero-order valence-electron chi connectivity index (χ0n) is 18.1. The van der Waals surface area contributed by atoms with Crippen LogP contribution in [0.5, 0.6) is 5.75 Å². The minimum absolute atomic E-state index is 0.122. The second-order valence-electron chi connectivity index (χ2n) is 8.10. The van der Waals surface area contributed by atoms with Crippen LogP contribution in [-0.4, -0.2) is 45.7 Å². The molecule has 0 radical (unpaired) electrons. The van der Waals surface area contributed by atoms with E-state index >= 15 is 0 Å². The number of aliphatic hydroxyl groups excluding tert-OH is 1. The molecule has 5 nitrogen and oxygen atoms in total. The summed E-state index contributed by atoms with van der Waals surface area (Å²) in [5, 5.41) is 10.6. The van der Waals surface area contributed by atoms with Gasteiger partial charge in [0, 0.05) is 13.1 Å². The molecule has 1 atom stereocenters. The van der Waals surface area contributed by atoms with Crippen molar-refractivity contribution in [1.82, 2.24) is 4.90 Å². The summed E-state index contributed by atoms with van der Waals surface area (Å²) in [7, 11) is -0.287. The summed E-state index contributed by atoms with van der Waals surface area (Å²) >= 11 is 0. The summed E-state index contributed by atoms with van der Waals surface area (Å²) in [5.41, 5.74) is 3.19. The maximum Gasteiger partial charge on any atom is 0.210 e.